The minimum absolute atomic E-state index is 0.0145. The van der Waals surface area contributed by atoms with Gasteiger partial charge in [0.15, 0.2) is 5.82 Å². The quantitative estimate of drug-likeness (QED) is 0.0395. The van der Waals surface area contributed by atoms with Gasteiger partial charge < -0.3 is 40.4 Å². The topological polar surface area (TPSA) is 183 Å². The number of carbonyl (C=O) groups excluding carboxylic acids is 3. The molecule has 15 nitrogen and oxygen atoms in total. The van der Waals surface area contributed by atoms with Crippen LogP contribution in [0.5, 0.6) is 5.75 Å². The fourth-order valence-corrected chi connectivity index (χ4v) is 11.2. The number of halogens is 4. The summed E-state index contributed by atoms with van der Waals surface area (Å²) in [5, 5.41) is 16.2. The fourth-order valence-electron chi connectivity index (χ4n) is 9.43. The van der Waals surface area contributed by atoms with Gasteiger partial charge in [-0.1, -0.05) is 13.0 Å². The normalized spacial score (nSPS) is 18.0. The molecule has 5 N–H and O–H groups in total. The van der Waals surface area contributed by atoms with Crippen LogP contribution in [0.3, 0.4) is 0 Å². The number of fused-ring (bicyclic) bond motifs is 1. The molecule has 2 aromatic heterocycles. The Morgan fingerprint density at radius 3 is 2.35 bits per heavy atom. The predicted molar refractivity (Wildman–Crippen MR) is 262 cm³/mol. The highest BCUT2D eigenvalue weighted by atomic mass is 79.9. The monoisotopic (exact) mass is 1020 g/mol. The molecule has 8 rings (SSSR count). The van der Waals surface area contributed by atoms with E-state index in [0.717, 1.165) is 43.6 Å². The fraction of sp³-hybridized carbons (Fsp3) is 0.417. The first kappa shape index (κ1) is 48.7. The zero-order valence-electron chi connectivity index (χ0n) is 38.6. The summed E-state index contributed by atoms with van der Waals surface area (Å²) in [6, 6.07) is 11.5. The maximum Gasteiger partial charge on any atom is 0.234 e. The Kier molecular flexibility index (Phi) is 14.6. The minimum atomic E-state index is -2.94. The third-order valence-corrected chi connectivity index (χ3v) is 15.0. The number of rotatable bonds is 15. The van der Waals surface area contributed by atoms with Crippen molar-refractivity contribution in [1.82, 2.24) is 30.9 Å². The number of anilines is 6. The number of aromatic nitrogens is 3. The molecular formula is C48H55BrF3N10O5P. The standard InChI is InChI=1S/C48H55BrF3N10O5P/c1-6-27-19-37(58-48-55-24-33(49)45(60-48)57-38-22-36(52)43-32(8-7-26(2)56-43)44(38)68(4,5)66)40(67-3)23-39(27)61-17-12-29(13-18-61)53-14-15-54-46(64)28-11-16-62(25-28)30-20-34(50)42(35(51)21-30)31-9-10-41(63)59-47(31)65/h7-8,19-24,28-29,31,53H,6,9-18,25H2,1-5H3,(H,54,64)(H,59,63,65)(H2,55,57,58,60)/t28-,31-/m1/s1. The highest BCUT2D eigenvalue weighted by Gasteiger charge is 2.35. The molecule has 2 atom stereocenters. The van der Waals surface area contributed by atoms with Crippen molar-refractivity contribution in [2.45, 2.75) is 64.3 Å². The first-order valence-electron chi connectivity index (χ1n) is 22.8. The first-order valence-corrected chi connectivity index (χ1v) is 26.2. The summed E-state index contributed by atoms with van der Waals surface area (Å²) in [5.74, 6) is -3.72. The van der Waals surface area contributed by atoms with Crippen molar-refractivity contribution in [3.05, 3.63) is 87.4 Å². The van der Waals surface area contributed by atoms with Crippen LogP contribution in [0.15, 0.2) is 53.1 Å². The van der Waals surface area contributed by atoms with Gasteiger partial charge >= 0.3 is 0 Å². The number of piperidine rings is 2. The van der Waals surface area contributed by atoms with E-state index in [1.54, 1.807) is 50.6 Å². The third-order valence-electron chi connectivity index (χ3n) is 12.9. The number of nitrogens with zero attached hydrogens (tertiary/aromatic N) is 5. The van der Waals surface area contributed by atoms with Gasteiger partial charge in [-0.3, -0.25) is 24.7 Å². The molecule has 20 heteroatoms. The number of nitrogens with one attached hydrogen (secondary N) is 5. The van der Waals surface area contributed by atoms with Gasteiger partial charge in [0.2, 0.25) is 23.7 Å². The Bertz CT molecular complexity index is 2800. The number of methoxy groups -OCH3 is 1. The molecule has 68 heavy (non-hydrogen) atoms. The summed E-state index contributed by atoms with van der Waals surface area (Å²) in [4.78, 5) is 54.6. The lowest BCUT2D eigenvalue weighted by Crippen LogP contribution is -2.45. The molecule has 0 aliphatic carbocycles. The number of hydrogen-bond donors (Lipinski definition) is 5. The summed E-state index contributed by atoms with van der Waals surface area (Å²) >= 11 is 3.52. The molecule has 0 spiro atoms. The summed E-state index contributed by atoms with van der Waals surface area (Å²) in [5.41, 5.74) is 3.94. The smallest absolute Gasteiger partial charge is 0.234 e. The Morgan fingerprint density at radius 1 is 0.926 bits per heavy atom. The van der Waals surface area contributed by atoms with E-state index in [0.29, 0.717) is 82.1 Å². The largest absolute Gasteiger partial charge is 0.494 e. The molecule has 0 unspecified atom stereocenters. The molecule has 3 saturated heterocycles. The van der Waals surface area contributed by atoms with Crippen LogP contribution < -0.4 is 46.4 Å². The Morgan fingerprint density at radius 2 is 1.66 bits per heavy atom. The van der Waals surface area contributed by atoms with E-state index < -0.39 is 42.3 Å². The average molecular weight is 1020 g/mol. The highest BCUT2D eigenvalue weighted by molar-refractivity contribution is 9.10. The van der Waals surface area contributed by atoms with Gasteiger partial charge in [-0.05, 0) is 98.1 Å². The average Bonchev–Trinajstić information content (AvgIpc) is 3.80. The van der Waals surface area contributed by atoms with Crippen LogP contribution in [0, 0.1) is 30.3 Å². The van der Waals surface area contributed by atoms with E-state index in [4.69, 9.17) is 9.72 Å². The van der Waals surface area contributed by atoms with Gasteiger partial charge in [-0.15, -0.1) is 0 Å². The minimum Gasteiger partial charge on any atom is -0.494 e. The lowest BCUT2D eigenvalue weighted by atomic mass is 9.89. The number of pyridine rings is 1. The van der Waals surface area contributed by atoms with Crippen LogP contribution in [-0.2, 0) is 25.4 Å². The maximum absolute atomic E-state index is 15.4. The van der Waals surface area contributed by atoms with E-state index in [2.05, 4.69) is 64.3 Å². The van der Waals surface area contributed by atoms with Crippen LogP contribution in [0.25, 0.3) is 10.9 Å². The van der Waals surface area contributed by atoms with Gasteiger partial charge in [-0.25, -0.2) is 18.2 Å². The number of amides is 3. The van der Waals surface area contributed by atoms with Crippen LogP contribution in [0.2, 0.25) is 0 Å². The second-order valence-corrected chi connectivity index (χ2v) is 21.9. The molecule has 5 aromatic rings. The van der Waals surface area contributed by atoms with Crippen molar-refractivity contribution in [3.8, 4) is 5.75 Å². The molecule has 0 saturated carbocycles. The second-order valence-electron chi connectivity index (χ2n) is 17.9. The van der Waals surface area contributed by atoms with E-state index in [1.165, 1.54) is 18.2 Å². The van der Waals surface area contributed by atoms with Crippen molar-refractivity contribution < 1.29 is 36.9 Å². The number of aryl methyl sites for hydroxylation is 2. The van der Waals surface area contributed by atoms with Gasteiger partial charge in [-0.2, -0.15) is 4.98 Å². The Balaban J connectivity index is 0.838. The number of hydrogen-bond acceptors (Lipinski definition) is 13. The molecule has 5 heterocycles. The van der Waals surface area contributed by atoms with Crippen molar-refractivity contribution in [1.29, 1.82) is 0 Å². The molecule has 3 aromatic carbocycles. The number of ether oxygens (including phenoxy) is 1. The van der Waals surface area contributed by atoms with Crippen molar-refractivity contribution >= 4 is 91.5 Å². The Labute approximate surface area is 401 Å². The number of benzene rings is 3. The van der Waals surface area contributed by atoms with Gasteiger partial charge in [0.05, 0.1) is 34.8 Å². The van der Waals surface area contributed by atoms with Crippen LogP contribution in [0.4, 0.5) is 47.7 Å². The van der Waals surface area contributed by atoms with E-state index in [9.17, 15) is 18.9 Å². The van der Waals surface area contributed by atoms with Crippen molar-refractivity contribution in [3.63, 3.8) is 0 Å². The summed E-state index contributed by atoms with van der Waals surface area (Å²) < 4.78 is 65.8. The van der Waals surface area contributed by atoms with E-state index >= 15 is 13.2 Å². The second kappa shape index (κ2) is 20.4. The molecule has 0 radical (unpaired) electrons. The molecule has 360 valence electrons. The predicted octanol–water partition coefficient (Wildman–Crippen LogP) is 7.54. The number of carbonyl (C=O) groups is 3. The molecule has 3 aliphatic rings. The summed E-state index contributed by atoms with van der Waals surface area (Å²) in [6.45, 7) is 10.6. The molecule has 3 aliphatic heterocycles. The molecular weight excluding hydrogens is 964 g/mol. The zero-order chi connectivity index (χ0) is 48.4. The highest BCUT2D eigenvalue weighted by Crippen LogP contribution is 2.43. The van der Waals surface area contributed by atoms with Crippen molar-refractivity contribution in [2.24, 2.45) is 5.92 Å². The SMILES string of the molecule is CCc1cc(Nc2ncc(Br)c(Nc3cc(F)c4nc(C)ccc4c3P(C)(C)=O)n2)c(OC)cc1N1CCC(NCCNC(=O)[C@@H]2CCN(c3cc(F)c([C@H]4CCC(=O)NC4=O)c(F)c3)C2)CC1. The van der Waals surface area contributed by atoms with Crippen LogP contribution >= 0.6 is 23.1 Å². The number of imide groups is 1. The van der Waals surface area contributed by atoms with Gasteiger partial charge in [0, 0.05) is 103 Å². The van der Waals surface area contributed by atoms with Crippen LogP contribution in [-0.4, -0.2) is 98.4 Å². The molecule has 3 fully saturated rings. The van der Waals surface area contributed by atoms with Gasteiger partial charge in [0.25, 0.3) is 0 Å². The van der Waals surface area contributed by atoms with Gasteiger partial charge in [0.1, 0.15) is 35.9 Å². The molecule has 3 amide bonds. The van der Waals surface area contributed by atoms with Crippen molar-refractivity contribution in [2.75, 3.05) is 80.1 Å². The lowest BCUT2D eigenvalue weighted by molar-refractivity contribution is -0.134. The lowest BCUT2D eigenvalue weighted by Gasteiger charge is -2.35. The van der Waals surface area contributed by atoms with Crippen LogP contribution in [0.1, 0.15) is 61.8 Å². The zero-order valence-corrected chi connectivity index (χ0v) is 41.1. The summed E-state index contributed by atoms with van der Waals surface area (Å²) in [6.07, 6.45) is 4.70. The Hall–Kier alpha value is -5.78. The summed E-state index contributed by atoms with van der Waals surface area (Å²) in [7, 11) is -1.33. The van der Waals surface area contributed by atoms with E-state index in [1.807, 2.05) is 12.1 Å². The van der Waals surface area contributed by atoms with E-state index in [-0.39, 0.29) is 47.7 Å². The third kappa shape index (κ3) is 10.6. The maximum atomic E-state index is 15.4. The molecule has 0 bridgehead atoms. The first-order chi connectivity index (χ1) is 32.5.